The van der Waals surface area contributed by atoms with Gasteiger partial charge in [-0.3, -0.25) is 9.89 Å². The van der Waals surface area contributed by atoms with E-state index in [4.69, 9.17) is 0 Å². The highest BCUT2D eigenvalue weighted by Crippen LogP contribution is 2.20. The highest BCUT2D eigenvalue weighted by molar-refractivity contribution is 5.95. The molecule has 1 aliphatic rings. The van der Waals surface area contributed by atoms with Crippen molar-refractivity contribution in [2.24, 2.45) is 0 Å². The van der Waals surface area contributed by atoms with E-state index < -0.39 is 5.82 Å². The fourth-order valence-corrected chi connectivity index (χ4v) is 2.32. The summed E-state index contributed by atoms with van der Waals surface area (Å²) in [5.74, 6) is -0.894. The Morgan fingerprint density at radius 2 is 2.30 bits per heavy atom. The molecule has 1 amide bonds. The van der Waals surface area contributed by atoms with Crippen molar-refractivity contribution >= 4 is 5.91 Å². The molecular formula is C14H15FN4O. The van der Waals surface area contributed by atoms with Crippen molar-refractivity contribution < 1.29 is 9.18 Å². The van der Waals surface area contributed by atoms with Crippen LogP contribution in [0.5, 0.6) is 0 Å². The van der Waals surface area contributed by atoms with E-state index in [9.17, 15) is 9.18 Å². The van der Waals surface area contributed by atoms with Gasteiger partial charge in [0.25, 0.3) is 5.91 Å². The van der Waals surface area contributed by atoms with E-state index in [1.807, 2.05) is 0 Å². The number of hydrogen-bond donors (Lipinski definition) is 3. The minimum atomic E-state index is -0.517. The number of benzene rings is 1. The summed E-state index contributed by atoms with van der Waals surface area (Å²) in [6.45, 7) is 1.61. The van der Waals surface area contributed by atoms with Crippen molar-refractivity contribution in [1.29, 1.82) is 0 Å². The molecule has 3 N–H and O–H groups in total. The zero-order valence-corrected chi connectivity index (χ0v) is 10.8. The number of aromatic nitrogens is 2. The average Bonchev–Trinajstić information content (AvgIpc) is 3.11. The summed E-state index contributed by atoms with van der Waals surface area (Å²) in [4.78, 5) is 12.1. The minimum Gasteiger partial charge on any atom is -0.348 e. The van der Waals surface area contributed by atoms with Crippen molar-refractivity contribution in [3.05, 3.63) is 41.8 Å². The van der Waals surface area contributed by atoms with Gasteiger partial charge < -0.3 is 10.6 Å². The van der Waals surface area contributed by atoms with Crippen LogP contribution in [0.15, 0.2) is 30.5 Å². The second-order valence-corrected chi connectivity index (χ2v) is 4.83. The molecule has 0 aliphatic carbocycles. The van der Waals surface area contributed by atoms with Gasteiger partial charge in [0, 0.05) is 24.3 Å². The number of carbonyl (C=O) groups is 1. The lowest BCUT2D eigenvalue weighted by Gasteiger charge is -2.12. The smallest absolute Gasteiger partial charge is 0.254 e. The second-order valence-electron chi connectivity index (χ2n) is 4.83. The minimum absolute atomic E-state index is 0.0593. The molecular weight excluding hydrogens is 259 g/mol. The zero-order chi connectivity index (χ0) is 13.9. The third-order valence-corrected chi connectivity index (χ3v) is 3.42. The van der Waals surface area contributed by atoms with E-state index in [0.717, 1.165) is 30.8 Å². The lowest BCUT2D eigenvalue weighted by atomic mass is 10.1. The fourth-order valence-electron chi connectivity index (χ4n) is 2.32. The van der Waals surface area contributed by atoms with Crippen molar-refractivity contribution in [1.82, 2.24) is 20.8 Å². The molecule has 1 saturated heterocycles. The van der Waals surface area contributed by atoms with Crippen LogP contribution >= 0.6 is 0 Å². The topological polar surface area (TPSA) is 69.8 Å². The maximum atomic E-state index is 13.8. The molecule has 0 spiro atoms. The molecule has 104 valence electrons. The van der Waals surface area contributed by atoms with E-state index >= 15 is 0 Å². The van der Waals surface area contributed by atoms with E-state index in [-0.39, 0.29) is 17.5 Å². The molecule has 5 nitrogen and oxygen atoms in total. The Kier molecular flexibility index (Phi) is 3.47. The standard InChI is InChI=1S/C14H15FN4O/c15-12-2-1-9(13-4-6-17-19-13)7-11(12)14(20)18-10-3-5-16-8-10/h1-2,4,6-7,10,16H,3,5,8H2,(H,17,19)(H,18,20)/t10-/m0/s1. The lowest BCUT2D eigenvalue weighted by molar-refractivity contribution is 0.0936. The van der Waals surface area contributed by atoms with Gasteiger partial charge >= 0.3 is 0 Å². The summed E-state index contributed by atoms with van der Waals surface area (Å²) < 4.78 is 13.8. The first-order chi connectivity index (χ1) is 9.74. The van der Waals surface area contributed by atoms with Crippen LogP contribution < -0.4 is 10.6 Å². The fraction of sp³-hybridized carbons (Fsp3) is 0.286. The largest absolute Gasteiger partial charge is 0.348 e. The number of carbonyl (C=O) groups excluding carboxylic acids is 1. The molecule has 20 heavy (non-hydrogen) atoms. The molecule has 0 unspecified atom stereocenters. The Bertz CT molecular complexity index is 606. The number of halogens is 1. The first-order valence-corrected chi connectivity index (χ1v) is 6.55. The van der Waals surface area contributed by atoms with Crippen LogP contribution in [-0.2, 0) is 0 Å². The number of rotatable bonds is 3. The highest BCUT2D eigenvalue weighted by atomic mass is 19.1. The monoisotopic (exact) mass is 274 g/mol. The Morgan fingerprint density at radius 3 is 3.00 bits per heavy atom. The first-order valence-electron chi connectivity index (χ1n) is 6.55. The molecule has 0 saturated carbocycles. The molecule has 1 aromatic heterocycles. The van der Waals surface area contributed by atoms with Gasteiger partial charge in [-0.25, -0.2) is 4.39 Å². The maximum Gasteiger partial charge on any atom is 0.254 e. The lowest BCUT2D eigenvalue weighted by Crippen LogP contribution is -2.36. The summed E-state index contributed by atoms with van der Waals surface area (Å²) in [7, 11) is 0. The molecule has 1 fully saturated rings. The van der Waals surface area contributed by atoms with Gasteiger partial charge in [0.05, 0.1) is 11.3 Å². The van der Waals surface area contributed by atoms with Crippen LogP contribution in [0, 0.1) is 5.82 Å². The molecule has 0 bridgehead atoms. The quantitative estimate of drug-likeness (QED) is 0.790. The van der Waals surface area contributed by atoms with Crippen molar-refractivity contribution in [2.75, 3.05) is 13.1 Å². The van der Waals surface area contributed by atoms with Crippen LogP contribution in [0.4, 0.5) is 4.39 Å². The molecule has 1 atom stereocenters. The Morgan fingerprint density at radius 1 is 1.40 bits per heavy atom. The number of nitrogens with zero attached hydrogens (tertiary/aromatic N) is 1. The van der Waals surface area contributed by atoms with Crippen LogP contribution in [-0.4, -0.2) is 35.2 Å². The molecule has 1 aliphatic heterocycles. The molecule has 2 aromatic rings. The maximum absolute atomic E-state index is 13.8. The summed E-state index contributed by atoms with van der Waals surface area (Å²) in [6.07, 6.45) is 2.48. The number of hydrogen-bond acceptors (Lipinski definition) is 3. The van der Waals surface area contributed by atoms with Crippen molar-refractivity contribution in [3.63, 3.8) is 0 Å². The number of amides is 1. The number of aromatic amines is 1. The summed E-state index contributed by atoms with van der Waals surface area (Å²) in [5.41, 5.74) is 1.55. The molecule has 1 aromatic carbocycles. The SMILES string of the molecule is O=C(N[C@H]1CCNC1)c1cc(-c2ccn[nH]2)ccc1F. The number of nitrogens with one attached hydrogen (secondary N) is 3. The van der Waals surface area contributed by atoms with Crippen molar-refractivity contribution in [3.8, 4) is 11.3 Å². The predicted octanol–water partition coefficient (Wildman–Crippen LogP) is 1.31. The van der Waals surface area contributed by atoms with Gasteiger partial charge in [0.15, 0.2) is 0 Å². The summed E-state index contributed by atoms with van der Waals surface area (Å²) in [5, 5.41) is 12.6. The first kappa shape index (κ1) is 12.8. The van der Waals surface area contributed by atoms with Crippen LogP contribution in [0.1, 0.15) is 16.8 Å². The third-order valence-electron chi connectivity index (χ3n) is 3.42. The summed E-state index contributed by atoms with van der Waals surface area (Å²) >= 11 is 0. The van der Waals surface area contributed by atoms with Crippen LogP contribution in [0.25, 0.3) is 11.3 Å². The number of H-pyrrole nitrogens is 1. The van der Waals surface area contributed by atoms with Gasteiger partial charge in [-0.2, -0.15) is 5.10 Å². The van der Waals surface area contributed by atoms with E-state index in [1.165, 1.54) is 6.07 Å². The average molecular weight is 274 g/mol. The van der Waals surface area contributed by atoms with Crippen LogP contribution in [0.2, 0.25) is 0 Å². The Hall–Kier alpha value is -2.21. The van der Waals surface area contributed by atoms with Gasteiger partial charge in [-0.05, 0) is 37.2 Å². The second kappa shape index (κ2) is 5.42. The van der Waals surface area contributed by atoms with Gasteiger partial charge in [0.2, 0.25) is 0 Å². The van der Waals surface area contributed by atoms with E-state index in [2.05, 4.69) is 20.8 Å². The van der Waals surface area contributed by atoms with E-state index in [1.54, 1.807) is 24.4 Å². The normalized spacial score (nSPS) is 18.1. The Balaban J connectivity index is 1.84. The predicted molar refractivity (Wildman–Crippen MR) is 72.7 cm³/mol. The molecule has 0 radical (unpaired) electrons. The molecule has 6 heteroatoms. The third kappa shape index (κ3) is 2.55. The Labute approximate surface area is 115 Å². The van der Waals surface area contributed by atoms with Gasteiger partial charge in [-0.15, -0.1) is 0 Å². The van der Waals surface area contributed by atoms with Crippen LogP contribution in [0.3, 0.4) is 0 Å². The molecule has 2 heterocycles. The van der Waals surface area contributed by atoms with E-state index in [0.29, 0.717) is 0 Å². The van der Waals surface area contributed by atoms with Crippen molar-refractivity contribution in [2.45, 2.75) is 12.5 Å². The summed E-state index contributed by atoms with van der Waals surface area (Å²) in [6, 6.07) is 6.31. The zero-order valence-electron chi connectivity index (χ0n) is 10.8. The van der Waals surface area contributed by atoms with Gasteiger partial charge in [-0.1, -0.05) is 0 Å². The molecule has 3 rings (SSSR count). The highest BCUT2D eigenvalue weighted by Gasteiger charge is 2.20. The van der Waals surface area contributed by atoms with Gasteiger partial charge in [0.1, 0.15) is 5.82 Å².